The van der Waals surface area contributed by atoms with Gasteiger partial charge < -0.3 is 10.0 Å². The van der Waals surface area contributed by atoms with E-state index in [9.17, 15) is 24.8 Å². The Hall–Kier alpha value is -3.29. The van der Waals surface area contributed by atoms with E-state index in [0.717, 1.165) is 11.8 Å². The second kappa shape index (κ2) is 6.91. The fourth-order valence-electron chi connectivity index (χ4n) is 3.27. The van der Waals surface area contributed by atoms with Crippen LogP contribution in [0, 0.1) is 23.0 Å². The minimum atomic E-state index is -0.969. The van der Waals surface area contributed by atoms with Crippen LogP contribution in [0.1, 0.15) is 27.5 Å². The lowest BCUT2D eigenvalue weighted by Crippen LogP contribution is -2.30. The Kier molecular flexibility index (Phi) is 4.66. The van der Waals surface area contributed by atoms with Crippen molar-refractivity contribution >= 4 is 17.6 Å². The molecule has 134 valence electrons. The summed E-state index contributed by atoms with van der Waals surface area (Å²) >= 11 is 0. The largest absolute Gasteiger partial charge is 0.481 e. The van der Waals surface area contributed by atoms with Gasteiger partial charge in [-0.3, -0.25) is 24.7 Å². The van der Waals surface area contributed by atoms with Crippen LogP contribution in [0.3, 0.4) is 0 Å². The summed E-state index contributed by atoms with van der Waals surface area (Å²) in [6, 6.07) is 10.4. The first-order chi connectivity index (χ1) is 12.4. The Morgan fingerprint density at radius 1 is 1.27 bits per heavy atom. The number of likely N-dealkylation sites (tertiary alicyclic amines) is 1. The molecule has 1 aromatic heterocycles. The number of hydrogen-bond acceptors (Lipinski definition) is 5. The molecule has 1 aromatic carbocycles. The van der Waals surface area contributed by atoms with E-state index < -0.39 is 22.7 Å². The number of carboxylic acids is 1. The predicted molar refractivity (Wildman–Crippen MR) is 91.8 cm³/mol. The molecule has 0 radical (unpaired) electrons. The SMILES string of the molecule is Cc1ncc([N+](=O)[O-])cc1C(=O)N1C[C@H](C(=O)O)[C@H](c2ccccc2)C1. The number of nitro groups is 1. The Balaban J connectivity index is 1.91. The number of nitrogens with zero attached hydrogens (tertiary/aromatic N) is 3. The number of carbonyl (C=O) groups is 2. The van der Waals surface area contributed by atoms with Crippen LogP contribution in [-0.2, 0) is 4.79 Å². The lowest BCUT2D eigenvalue weighted by atomic mass is 9.89. The highest BCUT2D eigenvalue weighted by molar-refractivity contribution is 5.96. The summed E-state index contributed by atoms with van der Waals surface area (Å²) in [5.41, 5.74) is 1.07. The minimum Gasteiger partial charge on any atom is -0.481 e. The highest BCUT2D eigenvalue weighted by atomic mass is 16.6. The zero-order valence-electron chi connectivity index (χ0n) is 14.0. The third kappa shape index (κ3) is 3.26. The summed E-state index contributed by atoms with van der Waals surface area (Å²) in [4.78, 5) is 40.2. The Morgan fingerprint density at radius 2 is 1.96 bits per heavy atom. The van der Waals surface area contributed by atoms with Crippen LogP contribution in [0.15, 0.2) is 42.6 Å². The third-order valence-electron chi connectivity index (χ3n) is 4.67. The third-order valence-corrected chi connectivity index (χ3v) is 4.67. The summed E-state index contributed by atoms with van der Waals surface area (Å²) in [7, 11) is 0. The molecule has 1 fully saturated rings. The molecule has 0 spiro atoms. The van der Waals surface area contributed by atoms with Crippen molar-refractivity contribution in [2.24, 2.45) is 5.92 Å². The summed E-state index contributed by atoms with van der Waals surface area (Å²) in [6.45, 7) is 1.88. The van der Waals surface area contributed by atoms with Gasteiger partial charge in [0.2, 0.25) is 0 Å². The molecule has 0 unspecified atom stereocenters. The van der Waals surface area contributed by atoms with Crippen molar-refractivity contribution in [3.05, 3.63) is 69.5 Å². The minimum absolute atomic E-state index is 0.0514. The van der Waals surface area contributed by atoms with Crippen molar-refractivity contribution in [2.75, 3.05) is 13.1 Å². The van der Waals surface area contributed by atoms with Crippen molar-refractivity contribution in [3.8, 4) is 0 Å². The zero-order valence-corrected chi connectivity index (χ0v) is 14.0. The van der Waals surface area contributed by atoms with Gasteiger partial charge in [-0.1, -0.05) is 30.3 Å². The number of carbonyl (C=O) groups excluding carboxylic acids is 1. The van der Waals surface area contributed by atoms with Gasteiger partial charge in [0.05, 0.1) is 22.1 Å². The highest BCUT2D eigenvalue weighted by Gasteiger charge is 2.41. The maximum absolute atomic E-state index is 12.9. The first-order valence-electron chi connectivity index (χ1n) is 8.06. The Bertz CT molecular complexity index is 868. The first-order valence-corrected chi connectivity index (χ1v) is 8.06. The van der Waals surface area contributed by atoms with Crippen LogP contribution in [0.4, 0.5) is 5.69 Å². The second-order valence-electron chi connectivity index (χ2n) is 6.26. The van der Waals surface area contributed by atoms with Crippen LogP contribution in [0.25, 0.3) is 0 Å². The zero-order chi connectivity index (χ0) is 18.8. The molecule has 8 nitrogen and oxygen atoms in total. The number of amides is 1. The van der Waals surface area contributed by atoms with Crippen molar-refractivity contribution in [1.82, 2.24) is 9.88 Å². The van der Waals surface area contributed by atoms with Gasteiger partial charge in [0.15, 0.2) is 0 Å². The molecule has 1 aliphatic rings. The summed E-state index contributed by atoms with van der Waals surface area (Å²) in [6.07, 6.45) is 1.10. The molecule has 1 amide bonds. The molecule has 0 aliphatic carbocycles. The molecular weight excluding hydrogens is 338 g/mol. The Morgan fingerprint density at radius 3 is 2.58 bits per heavy atom. The molecule has 3 rings (SSSR count). The van der Waals surface area contributed by atoms with Gasteiger partial charge in [0.25, 0.3) is 11.6 Å². The highest BCUT2D eigenvalue weighted by Crippen LogP contribution is 2.34. The second-order valence-corrected chi connectivity index (χ2v) is 6.26. The smallest absolute Gasteiger partial charge is 0.308 e. The summed E-state index contributed by atoms with van der Waals surface area (Å²) in [5, 5.41) is 20.5. The van der Waals surface area contributed by atoms with Gasteiger partial charge >= 0.3 is 5.97 Å². The van der Waals surface area contributed by atoms with Crippen molar-refractivity contribution < 1.29 is 19.6 Å². The number of rotatable bonds is 4. The van der Waals surface area contributed by atoms with Gasteiger partial charge in [-0.05, 0) is 12.5 Å². The molecule has 2 aromatic rings. The number of aliphatic carboxylic acids is 1. The number of pyridine rings is 1. The summed E-state index contributed by atoms with van der Waals surface area (Å²) < 4.78 is 0. The van der Waals surface area contributed by atoms with E-state index in [2.05, 4.69) is 4.98 Å². The quantitative estimate of drug-likeness (QED) is 0.664. The number of benzene rings is 1. The number of hydrogen-bond donors (Lipinski definition) is 1. The Labute approximate surface area is 149 Å². The number of carboxylic acid groups (broad SMARTS) is 1. The van der Waals surface area contributed by atoms with Crippen molar-refractivity contribution in [1.29, 1.82) is 0 Å². The van der Waals surface area contributed by atoms with E-state index in [1.165, 1.54) is 11.0 Å². The van der Waals surface area contributed by atoms with Crippen molar-refractivity contribution in [2.45, 2.75) is 12.8 Å². The van der Waals surface area contributed by atoms with Crippen molar-refractivity contribution in [3.63, 3.8) is 0 Å². The van der Waals surface area contributed by atoms with E-state index >= 15 is 0 Å². The molecule has 0 bridgehead atoms. The lowest BCUT2D eigenvalue weighted by Gasteiger charge is -2.17. The fraction of sp³-hybridized carbons (Fsp3) is 0.278. The van der Waals surface area contributed by atoms with Gasteiger partial charge in [-0.2, -0.15) is 0 Å². The molecule has 2 atom stereocenters. The monoisotopic (exact) mass is 355 g/mol. The standard InChI is InChI=1S/C18H17N3O5/c1-11-14(7-13(8-19-11)21(25)26)17(22)20-9-15(16(10-20)18(23)24)12-5-3-2-4-6-12/h2-8,15-16H,9-10H2,1H3,(H,23,24)/t15-,16-/m0/s1. The molecule has 8 heteroatoms. The molecular formula is C18H17N3O5. The van der Waals surface area contributed by atoms with E-state index in [1.807, 2.05) is 30.3 Å². The van der Waals surface area contributed by atoms with E-state index in [0.29, 0.717) is 5.69 Å². The molecule has 1 saturated heterocycles. The first kappa shape index (κ1) is 17.5. The van der Waals surface area contributed by atoms with Gasteiger partial charge in [0, 0.05) is 25.1 Å². The maximum atomic E-state index is 12.9. The van der Waals surface area contributed by atoms with Crippen LogP contribution in [0.5, 0.6) is 0 Å². The summed E-state index contributed by atoms with van der Waals surface area (Å²) in [5.74, 6) is -2.47. The predicted octanol–water partition coefficient (Wildman–Crippen LogP) is 2.24. The van der Waals surface area contributed by atoms with E-state index in [1.54, 1.807) is 6.92 Å². The van der Waals surface area contributed by atoms with Crippen LogP contribution in [-0.4, -0.2) is 44.9 Å². The van der Waals surface area contributed by atoms with Gasteiger partial charge in [-0.25, -0.2) is 0 Å². The molecule has 2 heterocycles. The van der Waals surface area contributed by atoms with Crippen LogP contribution < -0.4 is 0 Å². The lowest BCUT2D eigenvalue weighted by molar-refractivity contribution is -0.385. The van der Waals surface area contributed by atoms with E-state index in [4.69, 9.17) is 0 Å². The van der Waals surface area contributed by atoms with Crippen LogP contribution >= 0.6 is 0 Å². The van der Waals surface area contributed by atoms with Gasteiger partial charge in [0.1, 0.15) is 6.20 Å². The topological polar surface area (TPSA) is 114 Å². The maximum Gasteiger partial charge on any atom is 0.308 e. The molecule has 26 heavy (non-hydrogen) atoms. The average molecular weight is 355 g/mol. The number of aromatic nitrogens is 1. The normalized spacial score (nSPS) is 19.3. The van der Waals surface area contributed by atoms with Gasteiger partial charge in [-0.15, -0.1) is 0 Å². The fourth-order valence-corrected chi connectivity index (χ4v) is 3.27. The van der Waals surface area contributed by atoms with Crippen LogP contribution in [0.2, 0.25) is 0 Å². The number of aryl methyl sites for hydroxylation is 1. The molecule has 0 saturated carbocycles. The average Bonchev–Trinajstić information content (AvgIpc) is 3.08. The molecule has 1 aliphatic heterocycles. The van der Waals surface area contributed by atoms with E-state index in [-0.39, 0.29) is 30.3 Å². The molecule has 1 N–H and O–H groups in total.